The number of amides is 2. The molecule has 0 spiro atoms. The quantitative estimate of drug-likeness (QED) is 0.863. The number of amidine groups is 1. The summed E-state index contributed by atoms with van der Waals surface area (Å²) in [5.74, 6) is 0.115. The number of fused-ring (bicyclic) bond motifs is 3. The van der Waals surface area contributed by atoms with Crippen LogP contribution in [0.2, 0.25) is 0 Å². The molecule has 3 rings (SSSR count). The Morgan fingerprint density at radius 3 is 2.95 bits per heavy atom. The Morgan fingerprint density at radius 2 is 2.18 bits per heavy atom. The van der Waals surface area contributed by atoms with Crippen LogP contribution in [-0.2, 0) is 9.59 Å². The number of hydrazone groups is 1. The van der Waals surface area contributed by atoms with Gasteiger partial charge >= 0.3 is 0 Å². The maximum Gasteiger partial charge on any atom is 0.263 e. The molecule has 2 aliphatic rings. The fourth-order valence-corrected chi connectivity index (χ4v) is 2.50. The van der Waals surface area contributed by atoms with Crippen molar-refractivity contribution in [1.29, 1.82) is 0 Å². The maximum atomic E-state index is 12.1. The summed E-state index contributed by atoms with van der Waals surface area (Å²) in [6.07, 6.45) is 1.62. The van der Waals surface area contributed by atoms with Crippen molar-refractivity contribution < 1.29 is 9.59 Å². The van der Waals surface area contributed by atoms with E-state index in [1.165, 1.54) is 0 Å². The van der Waals surface area contributed by atoms with Crippen molar-refractivity contribution in [3.05, 3.63) is 29.8 Å². The molecule has 0 saturated carbocycles. The number of nitrogens with one attached hydrogen (secondary N) is 2. The molecular formula is C15H17N5O2. The first-order chi connectivity index (χ1) is 10.6. The molecule has 0 radical (unpaired) electrons. The lowest BCUT2D eigenvalue weighted by Gasteiger charge is -2.34. The Labute approximate surface area is 128 Å². The number of carbonyl (C=O) groups is 2. The summed E-state index contributed by atoms with van der Waals surface area (Å²) in [5, 5.41) is 6.91. The molecule has 1 unspecified atom stereocenters. The number of rotatable bonds is 3. The lowest BCUT2D eigenvalue weighted by atomic mass is 10.0. The molecule has 1 aromatic carbocycles. The van der Waals surface area contributed by atoms with Crippen LogP contribution in [0.15, 0.2) is 34.4 Å². The van der Waals surface area contributed by atoms with Crippen LogP contribution in [0, 0.1) is 0 Å². The van der Waals surface area contributed by atoms with E-state index in [9.17, 15) is 9.59 Å². The highest BCUT2D eigenvalue weighted by molar-refractivity contribution is 6.14. The molecule has 0 bridgehead atoms. The molecule has 2 heterocycles. The zero-order valence-electron chi connectivity index (χ0n) is 12.4. The molecule has 2 aliphatic heterocycles. The van der Waals surface area contributed by atoms with E-state index in [0.29, 0.717) is 5.84 Å². The van der Waals surface area contributed by atoms with Gasteiger partial charge in [0, 0.05) is 11.6 Å². The summed E-state index contributed by atoms with van der Waals surface area (Å²) in [5.41, 5.74) is 4.12. The minimum absolute atomic E-state index is 0.0306. The van der Waals surface area contributed by atoms with E-state index < -0.39 is 6.04 Å². The van der Waals surface area contributed by atoms with Crippen LogP contribution in [0.4, 0.5) is 5.69 Å². The molecule has 0 fully saturated rings. The van der Waals surface area contributed by atoms with Gasteiger partial charge in [-0.05, 0) is 26.0 Å². The predicted molar refractivity (Wildman–Crippen MR) is 82.8 cm³/mol. The van der Waals surface area contributed by atoms with Gasteiger partial charge < -0.3 is 10.2 Å². The average molecular weight is 299 g/mol. The monoisotopic (exact) mass is 299 g/mol. The van der Waals surface area contributed by atoms with E-state index in [2.05, 4.69) is 20.8 Å². The van der Waals surface area contributed by atoms with E-state index in [1.54, 1.807) is 11.2 Å². The van der Waals surface area contributed by atoms with E-state index >= 15 is 0 Å². The van der Waals surface area contributed by atoms with E-state index in [1.807, 2.05) is 38.1 Å². The smallest absolute Gasteiger partial charge is 0.263 e. The molecule has 1 aromatic rings. The SMILES string of the molecule is CC(C)NC(=O)CC1C(=O)NN=C2c3ccccc3N=CN21. The lowest BCUT2D eigenvalue weighted by Crippen LogP contribution is -2.55. The number of para-hydroxylation sites is 1. The van der Waals surface area contributed by atoms with Crippen molar-refractivity contribution in [3.8, 4) is 0 Å². The van der Waals surface area contributed by atoms with Crippen LogP contribution in [0.25, 0.3) is 0 Å². The first-order valence-corrected chi connectivity index (χ1v) is 7.15. The number of aliphatic imine (C=N–C) groups is 1. The van der Waals surface area contributed by atoms with Crippen LogP contribution in [-0.4, -0.2) is 41.0 Å². The minimum atomic E-state index is -0.650. The summed E-state index contributed by atoms with van der Waals surface area (Å²) in [4.78, 5) is 30.1. The van der Waals surface area contributed by atoms with Crippen molar-refractivity contribution in [2.45, 2.75) is 32.4 Å². The Morgan fingerprint density at radius 1 is 1.41 bits per heavy atom. The zero-order chi connectivity index (χ0) is 15.7. The number of nitrogens with zero attached hydrogens (tertiary/aromatic N) is 3. The third-order valence-electron chi connectivity index (χ3n) is 3.45. The molecule has 0 aromatic heterocycles. The first-order valence-electron chi connectivity index (χ1n) is 7.15. The third-order valence-corrected chi connectivity index (χ3v) is 3.45. The van der Waals surface area contributed by atoms with Gasteiger partial charge in [0.05, 0.1) is 18.4 Å². The number of carbonyl (C=O) groups excluding carboxylic acids is 2. The highest BCUT2D eigenvalue weighted by Gasteiger charge is 2.36. The topological polar surface area (TPSA) is 86.2 Å². The van der Waals surface area contributed by atoms with Crippen molar-refractivity contribution in [1.82, 2.24) is 15.6 Å². The normalized spacial score (nSPS) is 19.2. The standard InChI is InChI=1S/C15H17N5O2/c1-9(2)17-13(21)7-12-15(22)19-18-14-10-5-3-4-6-11(10)16-8-20(12)14/h3-6,8-9,12H,7H2,1-2H3,(H,17,21)(H,19,22). The molecular weight excluding hydrogens is 282 g/mol. The predicted octanol–water partition coefficient (Wildman–Crippen LogP) is 0.737. The summed E-state index contributed by atoms with van der Waals surface area (Å²) >= 11 is 0. The van der Waals surface area contributed by atoms with Crippen LogP contribution < -0.4 is 10.7 Å². The molecule has 22 heavy (non-hydrogen) atoms. The zero-order valence-corrected chi connectivity index (χ0v) is 12.4. The van der Waals surface area contributed by atoms with E-state index in [-0.39, 0.29) is 24.3 Å². The highest BCUT2D eigenvalue weighted by atomic mass is 16.2. The summed E-state index contributed by atoms with van der Waals surface area (Å²) in [6.45, 7) is 3.76. The van der Waals surface area contributed by atoms with Crippen LogP contribution in [0.1, 0.15) is 25.8 Å². The number of hydrogen-bond acceptors (Lipinski definition) is 5. The molecule has 7 heteroatoms. The molecule has 1 atom stereocenters. The van der Waals surface area contributed by atoms with Gasteiger partial charge in [-0.25, -0.2) is 10.4 Å². The van der Waals surface area contributed by atoms with Gasteiger partial charge in [0.25, 0.3) is 5.91 Å². The number of hydrogen-bond donors (Lipinski definition) is 2. The van der Waals surface area contributed by atoms with E-state index in [4.69, 9.17) is 0 Å². The Hall–Kier alpha value is -2.70. The van der Waals surface area contributed by atoms with Crippen molar-refractivity contribution in [2.75, 3.05) is 0 Å². The minimum Gasteiger partial charge on any atom is -0.354 e. The van der Waals surface area contributed by atoms with Gasteiger partial charge in [-0.2, -0.15) is 5.10 Å². The first kappa shape index (κ1) is 14.2. The highest BCUT2D eigenvalue weighted by Crippen LogP contribution is 2.27. The van der Waals surface area contributed by atoms with Crippen molar-refractivity contribution >= 4 is 29.7 Å². The summed E-state index contributed by atoms with van der Waals surface area (Å²) in [7, 11) is 0. The van der Waals surface area contributed by atoms with Crippen LogP contribution in [0.3, 0.4) is 0 Å². The van der Waals surface area contributed by atoms with Crippen LogP contribution >= 0.6 is 0 Å². The van der Waals surface area contributed by atoms with Crippen molar-refractivity contribution in [2.24, 2.45) is 10.1 Å². The fourth-order valence-electron chi connectivity index (χ4n) is 2.50. The lowest BCUT2D eigenvalue weighted by molar-refractivity contribution is -0.130. The van der Waals surface area contributed by atoms with Crippen LogP contribution in [0.5, 0.6) is 0 Å². The third kappa shape index (κ3) is 2.57. The largest absolute Gasteiger partial charge is 0.354 e. The number of benzene rings is 1. The fraction of sp³-hybridized carbons (Fsp3) is 0.333. The Kier molecular flexibility index (Phi) is 3.62. The molecule has 0 saturated heterocycles. The van der Waals surface area contributed by atoms with Gasteiger partial charge in [-0.15, -0.1) is 0 Å². The second kappa shape index (κ2) is 5.59. The van der Waals surface area contributed by atoms with Crippen molar-refractivity contribution in [3.63, 3.8) is 0 Å². The van der Waals surface area contributed by atoms with Gasteiger partial charge in [-0.3, -0.25) is 9.59 Å². The van der Waals surface area contributed by atoms with Gasteiger partial charge in [0.2, 0.25) is 5.91 Å². The molecule has 2 N–H and O–H groups in total. The molecule has 0 aliphatic carbocycles. The second-order valence-corrected chi connectivity index (χ2v) is 5.52. The van der Waals surface area contributed by atoms with Gasteiger partial charge in [-0.1, -0.05) is 12.1 Å². The molecule has 114 valence electrons. The Balaban J connectivity index is 1.87. The summed E-state index contributed by atoms with van der Waals surface area (Å²) in [6, 6.07) is 6.92. The molecule has 2 amide bonds. The molecule has 7 nitrogen and oxygen atoms in total. The maximum absolute atomic E-state index is 12.1. The van der Waals surface area contributed by atoms with E-state index in [0.717, 1.165) is 11.3 Å². The van der Waals surface area contributed by atoms with Gasteiger partial charge in [0.1, 0.15) is 6.04 Å². The summed E-state index contributed by atoms with van der Waals surface area (Å²) < 4.78 is 0. The second-order valence-electron chi connectivity index (χ2n) is 5.52. The average Bonchev–Trinajstić information content (AvgIpc) is 2.49. The Bertz CT molecular complexity index is 680. The van der Waals surface area contributed by atoms with Gasteiger partial charge in [0.15, 0.2) is 5.84 Å².